The van der Waals surface area contributed by atoms with E-state index in [9.17, 15) is 14.9 Å². The van der Waals surface area contributed by atoms with E-state index in [0.717, 1.165) is 0 Å². The molecule has 0 spiro atoms. The van der Waals surface area contributed by atoms with E-state index in [2.05, 4.69) is 0 Å². The zero-order valence-electron chi connectivity index (χ0n) is 13.5. The van der Waals surface area contributed by atoms with Gasteiger partial charge in [0.05, 0.1) is 39.4 Å². The standard InChI is InChI=1S/C17H14Cl2N2O5/c18-14-3-2-12(10-15(14)19)26-17(22)13-9-11(21(23)24)1-4-16(13)20-5-7-25-8-6-20/h1-4,9-10H,5-8H2. The van der Waals surface area contributed by atoms with E-state index in [1.807, 2.05) is 4.90 Å². The maximum Gasteiger partial charge on any atom is 0.345 e. The Morgan fingerprint density at radius 3 is 2.50 bits per heavy atom. The summed E-state index contributed by atoms with van der Waals surface area (Å²) in [6.07, 6.45) is 0. The van der Waals surface area contributed by atoms with Gasteiger partial charge in [-0.25, -0.2) is 4.79 Å². The highest BCUT2D eigenvalue weighted by Gasteiger charge is 2.23. The number of morpholine rings is 1. The molecule has 9 heteroatoms. The first-order valence-corrected chi connectivity index (χ1v) is 8.49. The lowest BCUT2D eigenvalue weighted by atomic mass is 10.1. The number of carbonyl (C=O) groups is 1. The van der Waals surface area contributed by atoms with Crippen LogP contribution in [0, 0.1) is 10.1 Å². The largest absolute Gasteiger partial charge is 0.423 e. The van der Waals surface area contributed by atoms with E-state index in [4.69, 9.17) is 32.7 Å². The summed E-state index contributed by atoms with van der Waals surface area (Å²) in [6, 6.07) is 8.54. The molecule has 1 aliphatic heterocycles. The van der Waals surface area contributed by atoms with Crippen LogP contribution in [0.3, 0.4) is 0 Å². The summed E-state index contributed by atoms with van der Waals surface area (Å²) >= 11 is 11.8. The topological polar surface area (TPSA) is 81.9 Å². The first-order chi connectivity index (χ1) is 12.5. The highest BCUT2D eigenvalue weighted by Crippen LogP contribution is 2.30. The van der Waals surface area contributed by atoms with Gasteiger partial charge in [-0.3, -0.25) is 10.1 Å². The van der Waals surface area contributed by atoms with E-state index >= 15 is 0 Å². The van der Waals surface area contributed by atoms with E-state index in [1.54, 1.807) is 6.07 Å². The number of non-ortho nitro benzene ring substituents is 1. The zero-order chi connectivity index (χ0) is 18.7. The Morgan fingerprint density at radius 1 is 1.12 bits per heavy atom. The minimum absolute atomic E-state index is 0.104. The van der Waals surface area contributed by atoms with Gasteiger partial charge < -0.3 is 14.4 Å². The Kier molecular flexibility index (Phi) is 5.61. The molecule has 0 radical (unpaired) electrons. The van der Waals surface area contributed by atoms with Crippen LogP contribution < -0.4 is 9.64 Å². The predicted octanol–water partition coefficient (Wildman–Crippen LogP) is 3.96. The third-order valence-corrected chi connectivity index (χ3v) is 4.60. The first kappa shape index (κ1) is 18.4. The fourth-order valence-electron chi connectivity index (χ4n) is 2.58. The molecule has 2 aromatic rings. The van der Waals surface area contributed by atoms with Crippen molar-refractivity contribution in [1.29, 1.82) is 0 Å². The number of hydrogen-bond donors (Lipinski definition) is 0. The second kappa shape index (κ2) is 7.90. The molecule has 0 amide bonds. The number of carbonyl (C=O) groups excluding carboxylic acids is 1. The molecule has 0 aromatic heterocycles. The molecule has 1 saturated heterocycles. The number of rotatable bonds is 4. The third-order valence-electron chi connectivity index (χ3n) is 3.86. The minimum Gasteiger partial charge on any atom is -0.423 e. The van der Waals surface area contributed by atoms with Gasteiger partial charge >= 0.3 is 5.97 Å². The van der Waals surface area contributed by atoms with Crippen LogP contribution in [-0.4, -0.2) is 37.2 Å². The average Bonchev–Trinajstić information content (AvgIpc) is 2.65. The summed E-state index contributed by atoms with van der Waals surface area (Å²) in [5.74, 6) is -0.516. The number of anilines is 1. The third kappa shape index (κ3) is 4.07. The lowest BCUT2D eigenvalue weighted by Crippen LogP contribution is -2.37. The Morgan fingerprint density at radius 2 is 1.85 bits per heavy atom. The summed E-state index contributed by atoms with van der Waals surface area (Å²) in [5.41, 5.74) is 0.472. The van der Waals surface area contributed by atoms with Gasteiger partial charge in [0.25, 0.3) is 5.69 Å². The molecule has 7 nitrogen and oxygen atoms in total. The lowest BCUT2D eigenvalue weighted by Gasteiger charge is -2.30. The number of nitro benzene ring substituents is 1. The minimum atomic E-state index is -0.714. The van der Waals surface area contributed by atoms with Gasteiger partial charge in [0.1, 0.15) is 5.75 Å². The quantitative estimate of drug-likeness (QED) is 0.336. The molecular weight excluding hydrogens is 383 g/mol. The summed E-state index contributed by atoms with van der Waals surface area (Å²) in [6.45, 7) is 2.17. The van der Waals surface area contributed by atoms with E-state index in [-0.39, 0.29) is 22.0 Å². The maximum absolute atomic E-state index is 12.7. The summed E-state index contributed by atoms with van der Waals surface area (Å²) in [7, 11) is 0. The smallest absolute Gasteiger partial charge is 0.345 e. The van der Waals surface area contributed by atoms with Crippen molar-refractivity contribution in [2.24, 2.45) is 0 Å². The molecule has 3 rings (SSSR count). The zero-order valence-corrected chi connectivity index (χ0v) is 15.0. The van der Waals surface area contributed by atoms with Gasteiger partial charge in [0.2, 0.25) is 0 Å². The number of ether oxygens (including phenoxy) is 2. The first-order valence-electron chi connectivity index (χ1n) is 7.74. The van der Waals surface area contributed by atoms with E-state index in [1.165, 1.54) is 30.3 Å². The van der Waals surface area contributed by atoms with E-state index < -0.39 is 10.9 Å². The van der Waals surface area contributed by atoms with Crippen LogP contribution in [0.5, 0.6) is 5.75 Å². The summed E-state index contributed by atoms with van der Waals surface area (Å²) < 4.78 is 10.7. The van der Waals surface area contributed by atoms with Crippen molar-refractivity contribution in [2.75, 3.05) is 31.2 Å². The van der Waals surface area contributed by atoms with Crippen LogP contribution in [0.1, 0.15) is 10.4 Å². The molecule has 1 heterocycles. The second-order valence-electron chi connectivity index (χ2n) is 5.52. The van der Waals surface area contributed by atoms with Crippen LogP contribution in [0.15, 0.2) is 36.4 Å². The molecule has 2 aromatic carbocycles. The van der Waals surface area contributed by atoms with Crippen molar-refractivity contribution >= 4 is 40.5 Å². The van der Waals surface area contributed by atoms with Crippen LogP contribution in [0.4, 0.5) is 11.4 Å². The number of hydrogen-bond acceptors (Lipinski definition) is 6. The SMILES string of the molecule is O=C(Oc1ccc(Cl)c(Cl)c1)c1cc([N+](=O)[O-])ccc1N1CCOCC1. The van der Waals surface area contributed by atoms with Gasteiger partial charge in [-0.05, 0) is 18.2 Å². The van der Waals surface area contributed by atoms with Gasteiger partial charge in [-0.15, -0.1) is 0 Å². The lowest BCUT2D eigenvalue weighted by molar-refractivity contribution is -0.384. The Hall–Kier alpha value is -2.35. The van der Waals surface area contributed by atoms with Crippen LogP contribution in [0.25, 0.3) is 0 Å². The van der Waals surface area contributed by atoms with Gasteiger partial charge in [-0.2, -0.15) is 0 Å². The monoisotopic (exact) mass is 396 g/mol. The molecule has 0 saturated carbocycles. The van der Waals surface area contributed by atoms with Crippen LogP contribution in [-0.2, 0) is 4.74 Å². The van der Waals surface area contributed by atoms with Crippen LogP contribution >= 0.6 is 23.2 Å². The predicted molar refractivity (Wildman–Crippen MR) is 97.5 cm³/mol. The normalized spacial score (nSPS) is 14.2. The van der Waals surface area contributed by atoms with Crippen molar-refractivity contribution in [1.82, 2.24) is 0 Å². The fraction of sp³-hybridized carbons (Fsp3) is 0.235. The number of nitro groups is 1. The Labute approximate surface area is 159 Å². The Balaban J connectivity index is 1.94. The number of esters is 1. The molecule has 0 aliphatic carbocycles. The highest BCUT2D eigenvalue weighted by molar-refractivity contribution is 6.42. The number of nitrogens with zero attached hydrogens (tertiary/aromatic N) is 2. The van der Waals surface area contributed by atoms with Crippen molar-refractivity contribution in [3.8, 4) is 5.75 Å². The van der Waals surface area contributed by atoms with E-state index in [0.29, 0.717) is 37.0 Å². The van der Waals surface area contributed by atoms with Crippen molar-refractivity contribution in [3.63, 3.8) is 0 Å². The van der Waals surface area contributed by atoms with Crippen LogP contribution in [0.2, 0.25) is 10.0 Å². The Bertz CT molecular complexity index is 853. The molecular formula is C17H14Cl2N2O5. The fourth-order valence-corrected chi connectivity index (χ4v) is 2.87. The van der Waals surface area contributed by atoms with Gasteiger partial charge in [0.15, 0.2) is 0 Å². The second-order valence-corrected chi connectivity index (χ2v) is 6.34. The molecule has 0 bridgehead atoms. The number of benzene rings is 2. The summed E-state index contributed by atoms with van der Waals surface area (Å²) in [4.78, 5) is 25.1. The van der Waals surface area contributed by atoms with Crippen molar-refractivity contribution in [3.05, 3.63) is 62.1 Å². The highest BCUT2D eigenvalue weighted by atomic mass is 35.5. The molecule has 136 valence electrons. The molecule has 0 atom stereocenters. The average molecular weight is 397 g/mol. The molecule has 1 aliphatic rings. The maximum atomic E-state index is 12.7. The van der Waals surface area contributed by atoms with Gasteiger partial charge in [-0.1, -0.05) is 23.2 Å². The molecule has 26 heavy (non-hydrogen) atoms. The molecule has 1 fully saturated rings. The van der Waals surface area contributed by atoms with Crippen molar-refractivity contribution in [2.45, 2.75) is 0 Å². The van der Waals surface area contributed by atoms with Crippen molar-refractivity contribution < 1.29 is 19.2 Å². The van der Waals surface area contributed by atoms with Gasteiger partial charge in [0, 0.05) is 31.3 Å². The number of halogens is 2. The summed E-state index contributed by atoms with van der Waals surface area (Å²) in [5, 5.41) is 11.7. The molecule has 0 N–H and O–H groups in total. The molecule has 0 unspecified atom stereocenters.